The fourth-order valence-corrected chi connectivity index (χ4v) is 3.58. The van der Waals surface area contributed by atoms with Crippen LogP contribution < -0.4 is 11.1 Å². The molecule has 2 bridgehead atoms. The Labute approximate surface area is 110 Å². The number of nitrogens with two attached hydrogens (primary N) is 1. The minimum atomic E-state index is -0.426. The van der Waals surface area contributed by atoms with Gasteiger partial charge in [0.15, 0.2) is 0 Å². The lowest BCUT2D eigenvalue weighted by Crippen LogP contribution is -2.38. The van der Waals surface area contributed by atoms with Gasteiger partial charge in [-0.15, -0.1) is 0 Å². The normalized spacial score (nSPS) is 29.2. The molecule has 5 heteroatoms. The highest BCUT2D eigenvalue weighted by molar-refractivity contribution is 6.04. The summed E-state index contributed by atoms with van der Waals surface area (Å²) < 4.78 is 0. The number of primary amides is 1. The molecule has 4 N–H and O–H groups in total. The molecule has 1 aromatic heterocycles. The van der Waals surface area contributed by atoms with Crippen LogP contribution in [0.15, 0.2) is 18.2 Å². The van der Waals surface area contributed by atoms with Gasteiger partial charge in [0.25, 0.3) is 5.91 Å². The van der Waals surface area contributed by atoms with Crippen LogP contribution in [0.2, 0.25) is 0 Å². The average molecular weight is 256 g/mol. The standard InChI is InChI=1S/C14H16N4O/c15-12(19)9-2-1-3-10-11(9)18-13(17-10)14-5-4-8(6-14)7-16-14/h1-3,8,16H,4-7H2,(H2,15,19)(H,17,18)/t8-,14-/m0/s1. The fraction of sp³-hybridized carbons (Fsp3) is 0.429. The molecular formula is C14H16N4O. The van der Waals surface area contributed by atoms with Crippen LogP contribution in [0.3, 0.4) is 0 Å². The second kappa shape index (κ2) is 3.57. The van der Waals surface area contributed by atoms with Crippen molar-refractivity contribution in [1.29, 1.82) is 0 Å². The smallest absolute Gasteiger partial charge is 0.250 e. The fourth-order valence-electron chi connectivity index (χ4n) is 3.58. The number of rotatable bonds is 2. The second-order valence-corrected chi connectivity index (χ2v) is 5.72. The Kier molecular flexibility index (Phi) is 2.07. The van der Waals surface area contributed by atoms with Gasteiger partial charge in [-0.1, -0.05) is 6.07 Å². The minimum absolute atomic E-state index is 0.0153. The van der Waals surface area contributed by atoms with Crippen LogP contribution >= 0.6 is 0 Å². The maximum Gasteiger partial charge on any atom is 0.250 e. The van der Waals surface area contributed by atoms with E-state index in [1.54, 1.807) is 6.07 Å². The number of carbonyl (C=O) groups excluding carboxylic acids is 1. The van der Waals surface area contributed by atoms with E-state index in [0.29, 0.717) is 11.1 Å². The van der Waals surface area contributed by atoms with Crippen molar-refractivity contribution in [2.75, 3.05) is 6.54 Å². The van der Waals surface area contributed by atoms with E-state index in [4.69, 9.17) is 5.73 Å². The number of aromatic nitrogens is 2. The van der Waals surface area contributed by atoms with Gasteiger partial charge in [0.2, 0.25) is 0 Å². The molecule has 1 aliphatic carbocycles. The number of imidazole rings is 1. The molecule has 2 atom stereocenters. The van der Waals surface area contributed by atoms with Crippen LogP contribution in [-0.4, -0.2) is 22.4 Å². The van der Waals surface area contributed by atoms with E-state index >= 15 is 0 Å². The van der Waals surface area contributed by atoms with Crippen molar-refractivity contribution >= 4 is 16.9 Å². The van der Waals surface area contributed by atoms with Crippen LogP contribution in [0.4, 0.5) is 0 Å². The molecule has 2 fully saturated rings. The summed E-state index contributed by atoms with van der Waals surface area (Å²) in [6.45, 7) is 1.07. The Morgan fingerprint density at radius 3 is 3.00 bits per heavy atom. The van der Waals surface area contributed by atoms with Crippen LogP contribution in [0.1, 0.15) is 35.4 Å². The van der Waals surface area contributed by atoms with Crippen molar-refractivity contribution in [1.82, 2.24) is 15.3 Å². The molecule has 1 saturated heterocycles. The van der Waals surface area contributed by atoms with Crippen molar-refractivity contribution in [3.8, 4) is 0 Å². The van der Waals surface area contributed by atoms with Gasteiger partial charge < -0.3 is 16.0 Å². The third-order valence-corrected chi connectivity index (χ3v) is 4.58. The van der Waals surface area contributed by atoms with Crippen molar-refractivity contribution in [3.05, 3.63) is 29.6 Å². The Hall–Kier alpha value is -1.88. The van der Waals surface area contributed by atoms with E-state index in [2.05, 4.69) is 15.3 Å². The molecule has 5 nitrogen and oxygen atoms in total. The van der Waals surface area contributed by atoms with E-state index in [1.165, 1.54) is 6.42 Å². The van der Waals surface area contributed by atoms with Crippen LogP contribution in [0.25, 0.3) is 11.0 Å². The zero-order valence-electron chi connectivity index (χ0n) is 10.6. The number of nitrogens with zero attached hydrogens (tertiary/aromatic N) is 1. The number of carbonyl (C=O) groups is 1. The van der Waals surface area contributed by atoms with E-state index in [9.17, 15) is 4.79 Å². The van der Waals surface area contributed by atoms with Gasteiger partial charge in [-0.3, -0.25) is 4.79 Å². The van der Waals surface area contributed by atoms with Crippen molar-refractivity contribution in [2.24, 2.45) is 11.7 Å². The summed E-state index contributed by atoms with van der Waals surface area (Å²) in [5, 5.41) is 3.59. The summed E-state index contributed by atoms with van der Waals surface area (Å²) in [7, 11) is 0. The molecule has 1 saturated carbocycles. The summed E-state index contributed by atoms with van der Waals surface area (Å²) in [6, 6.07) is 5.50. The van der Waals surface area contributed by atoms with Gasteiger partial charge in [-0.2, -0.15) is 0 Å². The highest BCUT2D eigenvalue weighted by Gasteiger charge is 2.47. The number of hydrogen-bond acceptors (Lipinski definition) is 3. The Morgan fingerprint density at radius 1 is 1.47 bits per heavy atom. The minimum Gasteiger partial charge on any atom is -0.366 e. The second-order valence-electron chi connectivity index (χ2n) is 5.72. The van der Waals surface area contributed by atoms with Gasteiger partial charge in [-0.05, 0) is 43.9 Å². The first-order valence-electron chi connectivity index (χ1n) is 6.72. The number of nitrogens with one attached hydrogen (secondary N) is 2. The lowest BCUT2D eigenvalue weighted by molar-refractivity contribution is 0.100. The third kappa shape index (κ3) is 1.45. The summed E-state index contributed by atoms with van der Waals surface area (Å²) in [6.07, 6.45) is 3.51. The Morgan fingerprint density at radius 2 is 2.37 bits per heavy atom. The quantitative estimate of drug-likeness (QED) is 0.756. The highest BCUT2D eigenvalue weighted by Crippen LogP contribution is 2.46. The number of benzene rings is 1. The molecule has 4 rings (SSSR count). The average Bonchev–Trinajstić information content (AvgIpc) is 3.11. The van der Waals surface area contributed by atoms with E-state index in [1.807, 2.05) is 12.1 Å². The molecule has 2 aliphatic rings. The SMILES string of the molecule is NC(=O)c1cccc2[nH]c([C@@]34CC[C@H](CN3)C4)nc12. The Balaban J connectivity index is 1.89. The van der Waals surface area contributed by atoms with Gasteiger partial charge in [0, 0.05) is 0 Å². The third-order valence-electron chi connectivity index (χ3n) is 4.58. The number of fused-ring (bicyclic) bond motifs is 3. The molecule has 19 heavy (non-hydrogen) atoms. The largest absolute Gasteiger partial charge is 0.366 e. The topological polar surface area (TPSA) is 83.8 Å². The number of hydrogen-bond donors (Lipinski definition) is 3. The molecule has 0 spiro atoms. The van der Waals surface area contributed by atoms with Gasteiger partial charge >= 0.3 is 0 Å². The van der Waals surface area contributed by atoms with Crippen LogP contribution in [-0.2, 0) is 5.54 Å². The number of aromatic amines is 1. The van der Waals surface area contributed by atoms with Crippen LogP contribution in [0.5, 0.6) is 0 Å². The number of H-pyrrole nitrogens is 1. The predicted molar refractivity (Wildman–Crippen MR) is 71.6 cm³/mol. The van der Waals surface area contributed by atoms with Gasteiger partial charge in [0.05, 0.1) is 16.6 Å². The van der Waals surface area contributed by atoms with Crippen molar-refractivity contribution < 1.29 is 4.79 Å². The maximum atomic E-state index is 11.5. The highest BCUT2D eigenvalue weighted by atomic mass is 16.1. The summed E-state index contributed by atoms with van der Waals surface area (Å²) in [5.41, 5.74) is 7.46. The number of piperidine rings is 1. The first-order chi connectivity index (χ1) is 9.18. The zero-order chi connectivity index (χ0) is 13.0. The molecule has 1 amide bonds. The van der Waals surface area contributed by atoms with E-state index < -0.39 is 5.91 Å². The predicted octanol–water partition coefficient (Wildman–Crippen LogP) is 1.26. The Bertz CT molecular complexity index is 667. The first-order valence-corrected chi connectivity index (χ1v) is 6.72. The van der Waals surface area contributed by atoms with Crippen LogP contribution in [0, 0.1) is 5.92 Å². The zero-order valence-corrected chi connectivity index (χ0v) is 10.6. The number of amides is 1. The van der Waals surface area contributed by atoms with E-state index in [0.717, 1.165) is 36.6 Å². The molecule has 98 valence electrons. The number of para-hydroxylation sites is 1. The summed E-state index contributed by atoms with van der Waals surface area (Å²) in [4.78, 5) is 19.5. The molecule has 1 aromatic carbocycles. The molecule has 0 radical (unpaired) electrons. The lowest BCUT2D eigenvalue weighted by atomic mass is 9.98. The maximum absolute atomic E-state index is 11.5. The molecular weight excluding hydrogens is 240 g/mol. The molecule has 2 heterocycles. The molecule has 0 unspecified atom stereocenters. The summed E-state index contributed by atoms with van der Waals surface area (Å²) in [5.74, 6) is 1.30. The van der Waals surface area contributed by atoms with Crippen molar-refractivity contribution in [2.45, 2.75) is 24.8 Å². The molecule has 2 aromatic rings. The first kappa shape index (κ1) is 11.0. The lowest BCUT2D eigenvalue weighted by Gasteiger charge is -2.25. The van der Waals surface area contributed by atoms with Gasteiger partial charge in [-0.25, -0.2) is 4.98 Å². The molecule has 1 aliphatic heterocycles. The monoisotopic (exact) mass is 256 g/mol. The van der Waals surface area contributed by atoms with Gasteiger partial charge in [0.1, 0.15) is 11.3 Å². The van der Waals surface area contributed by atoms with E-state index in [-0.39, 0.29) is 5.54 Å². The summed E-state index contributed by atoms with van der Waals surface area (Å²) >= 11 is 0. The van der Waals surface area contributed by atoms with Crippen molar-refractivity contribution in [3.63, 3.8) is 0 Å².